The van der Waals surface area contributed by atoms with Gasteiger partial charge in [0.2, 0.25) is 0 Å². The number of nitrogens with two attached hydrogens (primary N) is 1. The second kappa shape index (κ2) is 5.61. The van der Waals surface area contributed by atoms with Crippen LogP contribution in [-0.4, -0.2) is 42.0 Å². The van der Waals surface area contributed by atoms with Crippen LogP contribution < -0.4 is 5.73 Å². The second-order valence-corrected chi connectivity index (χ2v) is 6.47. The van der Waals surface area contributed by atoms with Gasteiger partial charge in [-0.25, -0.2) is 0 Å². The van der Waals surface area contributed by atoms with Gasteiger partial charge >= 0.3 is 0 Å². The topological polar surface area (TPSA) is 32.5 Å². The molecular formula is C16H27N3. The first-order valence-electron chi connectivity index (χ1n) is 7.16. The van der Waals surface area contributed by atoms with E-state index in [1.807, 2.05) is 6.92 Å². The molecule has 3 nitrogen and oxygen atoms in total. The van der Waals surface area contributed by atoms with Crippen LogP contribution in [0.4, 0.5) is 0 Å². The molecular weight excluding hydrogens is 234 g/mol. The van der Waals surface area contributed by atoms with E-state index in [4.69, 9.17) is 5.73 Å². The maximum Gasteiger partial charge on any atom is 0.0277 e. The van der Waals surface area contributed by atoms with E-state index in [0.29, 0.717) is 0 Å². The molecule has 3 heteroatoms. The average Bonchev–Trinajstić information content (AvgIpc) is 2.34. The molecule has 1 aromatic carbocycles. The summed E-state index contributed by atoms with van der Waals surface area (Å²) in [7, 11) is 2.22. The molecule has 0 unspecified atom stereocenters. The van der Waals surface area contributed by atoms with Crippen LogP contribution in [0, 0.1) is 0 Å². The minimum atomic E-state index is 0.122. The highest BCUT2D eigenvalue weighted by Crippen LogP contribution is 2.21. The van der Waals surface area contributed by atoms with Gasteiger partial charge in [0.05, 0.1) is 0 Å². The minimum absolute atomic E-state index is 0.122. The Kier molecular flexibility index (Phi) is 4.29. The lowest BCUT2D eigenvalue weighted by Crippen LogP contribution is -2.57. The molecule has 0 spiro atoms. The summed E-state index contributed by atoms with van der Waals surface area (Å²) < 4.78 is 0. The largest absolute Gasteiger partial charge is 0.324 e. The van der Waals surface area contributed by atoms with Crippen molar-refractivity contribution in [3.8, 4) is 0 Å². The van der Waals surface area contributed by atoms with Crippen LogP contribution in [0.25, 0.3) is 0 Å². The molecule has 2 rings (SSSR count). The van der Waals surface area contributed by atoms with Crippen LogP contribution in [0.5, 0.6) is 0 Å². The molecule has 1 aliphatic rings. The fourth-order valence-corrected chi connectivity index (χ4v) is 2.66. The molecule has 1 fully saturated rings. The zero-order chi connectivity index (χ0) is 14.0. The summed E-state index contributed by atoms with van der Waals surface area (Å²) in [6.45, 7) is 11.1. The third-order valence-electron chi connectivity index (χ3n) is 4.31. The normalized spacial score (nSPS) is 22.4. The highest BCUT2D eigenvalue weighted by molar-refractivity contribution is 5.24. The Labute approximate surface area is 117 Å². The monoisotopic (exact) mass is 261 g/mol. The molecule has 0 bridgehead atoms. The third kappa shape index (κ3) is 3.56. The van der Waals surface area contributed by atoms with Gasteiger partial charge in [0.1, 0.15) is 0 Å². The molecule has 0 amide bonds. The summed E-state index contributed by atoms with van der Waals surface area (Å²) in [4.78, 5) is 4.99. The summed E-state index contributed by atoms with van der Waals surface area (Å²) >= 11 is 0. The van der Waals surface area contributed by atoms with Gasteiger partial charge in [0, 0.05) is 37.8 Å². The molecule has 0 radical (unpaired) electrons. The summed E-state index contributed by atoms with van der Waals surface area (Å²) in [5.41, 5.74) is 8.74. The summed E-state index contributed by atoms with van der Waals surface area (Å²) in [5.74, 6) is 0. The number of hydrogen-bond acceptors (Lipinski definition) is 3. The first kappa shape index (κ1) is 14.5. The molecule has 1 atom stereocenters. The van der Waals surface area contributed by atoms with Gasteiger partial charge in [0.25, 0.3) is 0 Å². The van der Waals surface area contributed by atoms with Crippen LogP contribution in [0.2, 0.25) is 0 Å². The van der Waals surface area contributed by atoms with Crippen molar-refractivity contribution in [2.24, 2.45) is 5.73 Å². The van der Waals surface area contributed by atoms with Crippen molar-refractivity contribution < 1.29 is 0 Å². The molecule has 0 saturated carbocycles. The van der Waals surface area contributed by atoms with Crippen LogP contribution >= 0.6 is 0 Å². The molecule has 0 aliphatic carbocycles. The van der Waals surface area contributed by atoms with Gasteiger partial charge in [-0.3, -0.25) is 9.80 Å². The molecule has 1 aromatic rings. The van der Waals surface area contributed by atoms with E-state index in [2.05, 4.69) is 55.0 Å². The van der Waals surface area contributed by atoms with E-state index in [1.54, 1.807) is 0 Å². The predicted molar refractivity (Wildman–Crippen MR) is 81.0 cm³/mol. The standard InChI is InChI=1S/C16H27N3/c1-13(17)15-7-5-14(6-8-15)11-19-10-9-18(4)16(2,3)12-19/h5-8,13H,9-12,17H2,1-4H3/t13-/m0/s1. The smallest absolute Gasteiger partial charge is 0.0277 e. The lowest BCUT2D eigenvalue weighted by molar-refractivity contribution is 0.0360. The van der Waals surface area contributed by atoms with E-state index in [9.17, 15) is 0 Å². The van der Waals surface area contributed by atoms with Gasteiger partial charge in [-0.05, 0) is 38.9 Å². The molecule has 0 aromatic heterocycles. The number of benzene rings is 1. The van der Waals surface area contributed by atoms with Crippen molar-refractivity contribution >= 4 is 0 Å². The Hall–Kier alpha value is -0.900. The highest BCUT2D eigenvalue weighted by atomic mass is 15.3. The summed E-state index contributed by atoms with van der Waals surface area (Å²) in [6, 6.07) is 8.85. The van der Waals surface area contributed by atoms with Gasteiger partial charge in [-0.2, -0.15) is 0 Å². The SMILES string of the molecule is C[C@H](N)c1ccc(CN2CCN(C)C(C)(C)C2)cc1. The molecule has 1 saturated heterocycles. The minimum Gasteiger partial charge on any atom is -0.324 e. The summed E-state index contributed by atoms with van der Waals surface area (Å²) in [6.07, 6.45) is 0. The maximum absolute atomic E-state index is 5.88. The zero-order valence-electron chi connectivity index (χ0n) is 12.7. The molecule has 106 valence electrons. The first-order chi connectivity index (χ1) is 8.88. The zero-order valence-corrected chi connectivity index (χ0v) is 12.7. The molecule has 1 heterocycles. The van der Waals surface area contributed by atoms with Crippen molar-refractivity contribution in [3.63, 3.8) is 0 Å². The fraction of sp³-hybridized carbons (Fsp3) is 0.625. The quantitative estimate of drug-likeness (QED) is 0.905. The van der Waals surface area contributed by atoms with Gasteiger partial charge in [-0.1, -0.05) is 24.3 Å². The van der Waals surface area contributed by atoms with Crippen molar-refractivity contribution in [2.45, 2.75) is 38.9 Å². The lowest BCUT2D eigenvalue weighted by atomic mass is 9.99. The number of rotatable bonds is 3. The maximum atomic E-state index is 5.88. The van der Waals surface area contributed by atoms with Crippen molar-refractivity contribution in [1.82, 2.24) is 9.80 Å². The Morgan fingerprint density at radius 2 is 1.84 bits per heavy atom. The van der Waals surface area contributed by atoms with Crippen molar-refractivity contribution in [2.75, 3.05) is 26.7 Å². The van der Waals surface area contributed by atoms with E-state index in [1.165, 1.54) is 11.1 Å². The Morgan fingerprint density at radius 1 is 1.21 bits per heavy atom. The fourth-order valence-electron chi connectivity index (χ4n) is 2.66. The van der Waals surface area contributed by atoms with Crippen molar-refractivity contribution in [3.05, 3.63) is 35.4 Å². The Bertz CT molecular complexity index is 409. The average molecular weight is 261 g/mol. The number of piperazine rings is 1. The van der Waals surface area contributed by atoms with E-state index >= 15 is 0 Å². The van der Waals surface area contributed by atoms with Gasteiger partial charge in [0.15, 0.2) is 0 Å². The number of hydrogen-bond donors (Lipinski definition) is 1. The highest BCUT2D eigenvalue weighted by Gasteiger charge is 2.30. The van der Waals surface area contributed by atoms with E-state index in [-0.39, 0.29) is 11.6 Å². The predicted octanol–water partition coefficient (Wildman–Crippen LogP) is 2.23. The molecule has 1 aliphatic heterocycles. The number of nitrogens with zero attached hydrogens (tertiary/aromatic N) is 2. The van der Waals surface area contributed by atoms with Gasteiger partial charge in [-0.15, -0.1) is 0 Å². The van der Waals surface area contributed by atoms with Crippen LogP contribution in [0.15, 0.2) is 24.3 Å². The Balaban J connectivity index is 1.98. The first-order valence-corrected chi connectivity index (χ1v) is 7.16. The third-order valence-corrected chi connectivity index (χ3v) is 4.31. The van der Waals surface area contributed by atoms with Crippen molar-refractivity contribution in [1.29, 1.82) is 0 Å². The molecule has 2 N–H and O–H groups in total. The Morgan fingerprint density at radius 3 is 2.37 bits per heavy atom. The van der Waals surface area contributed by atoms with Crippen LogP contribution in [0.3, 0.4) is 0 Å². The molecule has 19 heavy (non-hydrogen) atoms. The van der Waals surface area contributed by atoms with Gasteiger partial charge < -0.3 is 5.73 Å². The lowest BCUT2D eigenvalue weighted by Gasteiger charge is -2.45. The van der Waals surface area contributed by atoms with E-state index in [0.717, 1.165) is 26.2 Å². The van der Waals surface area contributed by atoms with Crippen LogP contribution in [0.1, 0.15) is 37.9 Å². The van der Waals surface area contributed by atoms with Crippen LogP contribution in [-0.2, 0) is 6.54 Å². The van der Waals surface area contributed by atoms with E-state index < -0.39 is 0 Å². The second-order valence-electron chi connectivity index (χ2n) is 6.47. The summed E-state index contributed by atoms with van der Waals surface area (Å²) in [5, 5.41) is 0. The number of likely N-dealkylation sites (N-methyl/N-ethyl adjacent to an activating group) is 1.